The average molecular weight is 426 g/mol. The number of nitrogens with zero attached hydrogens (tertiary/aromatic N) is 2. The van der Waals surface area contributed by atoms with Crippen LogP contribution in [0.25, 0.3) is 0 Å². The first-order valence-corrected chi connectivity index (χ1v) is 9.31. The number of urea groups is 1. The standard InChI is InChI=1S/C20H19ClF3N3O2/c21-17-3-1-2-15(10-17)12-26-8-9-27(19(26)29)13-18(28)25-11-14-4-6-16(7-5-14)20(22,23)24/h1-7,10H,8-9,11-13H2,(H,25,28). The first-order chi connectivity index (χ1) is 13.7. The molecule has 3 rings (SSSR count). The normalized spacial score (nSPS) is 14.4. The van der Waals surface area contributed by atoms with Crippen molar-refractivity contribution in [3.63, 3.8) is 0 Å². The molecule has 154 valence electrons. The molecule has 29 heavy (non-hydrogen) atoms. The molecule has 1 aliphatic rings. The zero-order valence-electron chi connectivity index (χ0n) is 15.4. The van der Waals surface area contributed by atoms with Crippen LogP contribution in [0.1, 0.15) is 16.7 Å². The number of benzene rings is 2. The SMILES string of the molecule is O=C(CN1CCN(Cc2cccc(Cl)c2)C1=O)NCc1ccc(C(F)(F)F)cc1. The molecule has 0 aromatic heterocycles. The number of hydrogen-bond acceptors (Lipinski definition) is 2. The monoisotopic (exact) mass is 425 g/mol. The summed E-state index contributed by atoms with van der Waals surface area (Å²) in [5.41, 5.74) is 0.705. The highest BCUT2D eigenvalue weighted by atomic mass is 35.5. The highest BCUT2D eigenvalue weighted by molar-refractivity contribution is 6.30. The maximum Gasteiger partial charge on any atom is 0.416 e. The van der Waals surface area contributed by atoms with Gasteiger partial charge in [-0.25, -0.2) is 4.79 Å². The Morgan fingerprint density at radius 3 is 2.38 bits per heavy atom. The molecule has 9 heteroatoms. The molecule has 2 aromatic rings. The van der Waals surface area contributed by atoms with E-state index in [4.69, 9.17) is 11.6 Å². The number of hydrogen-bond donors (Lipinski definition) is 1. The van der Waals surface area contributed by atoms with Crippen LogP contribution in [0.3, 0.4) is 0 Å². The highest BCUT2D eigenvalue weighted by Crippen LogP contribution is 2.29. The van der Waals surface area contributed by atoms with Gasteiger partial charge in [0.2, 0.25) is 5.91 Å². The van der Waals surface area contributed by atoms with Crippen LogP contribution in [0.5, 0.6) is 0 Å². The van der Waals surface area contributed by atoms with Crippen molar-refractivity contribution in [1.29, 1.82) is 0 Å². The van der Waals surface area contributed by atoms with Gasteiger partial charge in [-0.15, -0.1) is 0 Å². The van der Waals surface area contributed by atoms with Crippen molar-refractivity contribution in [3.8, 4) is 0 Å². The molecule has 3 amide bonds. The summed E-state index contributed by atoms with van der Waals surface area (Å²) in [7, 11) is 0. The number of nitrogens with one attached hydrogen (secondary N) is 1. The fourth-order valence-corrected chi connectivity index (χ4v) is 3.24. The minimum atomic E-state index is -4.39. The van der Waals surface area contributed by atoms with Gasteiger partial charge in [0, 0.05) is 31.2 Å². The molecule has 1 heterocycles. The fraction of sp³-hybridized carbons (Fsp3) is 0.300. The van der Waals surface area contributed by atoms with Gasteiger partial charge in [-0.05, 0) is 35.4 Å². The van der Waals surface area contributed by atoms with Gasteiger partial charge in [0.25, 0.3) is 0 Å². The van der Waals surface area contributed by atoms with E-state index < -0.39 is 11.7 Å². The van der Waals surface area contributed by atoms with Gasteiger partial charge < -0.3 is 15.1 Å². The van der Waals surface area contributed by atoms with Crippen LogP contribution < -0.4 is 5.32 Å². The lowest BCUT2D eigenvalue weighted by Crippen LogP contribution is -2.39. The number of carbonyl (C=O) groups excluding carboxylic acids is 2. The molecule has 0 saturated carbocycles. The summed E-state index contributed by atoms with van der Waals surface area (Å²) in [4.78, 5) is 27.7. The van der Waals surface area contributed by atoms with Crippen molar-refractivity contribution in [1.82, 2.24) is 15.1 Å². The van der Waals surface area contributed by atoms with Crippen molar-refractivity contribution in [2.75, 3.05) is 19.6 Å². The zero-order valence-corrected chi connectivity index (χ0v) is 16.1. The second-order valence-electron chi connectivity index (χ2n) is 6.73. The fourth-order valence-electron chi connectivity index (χ4n) is 3.02. The lowest BCUT2D eigenvalue weighted by molar-refractivity contribution is -0.137. The lowest BCUT2D eigenvalue weighted by Gasteiger charge is -2.18. The van der Waals surface area contributed by atoms with Crippen LogP contribution in [0.15, 0.2) is 48.5 Å². The molecule has 0 radical (unpaired) electrons. The smallest absolute Gasteiger partial charge is 0.350 e. The number of carbonyl (C=O) groups is 2. The van der Waals surface area contributed by atoms with Gasteiger partial charge >= 0.3 is 12.2 Å². The van der Waals surface area contributed by atoms with E-state index in [1.807, 2.05) is 12.1 Å². The van der Waals surface area contributed by atoms with E-state index >= 15 is 0 Å². The molecule has 0 bridgehead atoms. The van der Waals surface area contributed by atoms with E-state index in [1.54, 1.807) is 17.0 Å². The molecule has 0 aliphatic carbocycles. The van der Waals surface area contributed by atoms with E-state index in [2.05, 4.69) is 5.32 Å². The molecule has 1 saturated heterocycles. The van der Waals surface area contributed by atoms with Crippen molar-refractivity contribution < 1.29 is 22.8 Å². The van der Waals surface area contributed by atoms with Crippen molar-refractivity contribution >= 4 is 23.5 Å². The highest BCUT2D eigenvalue weighted by Gasteiger charge is 2.31. The number of rotatable bonds is 6. The summed E-state index contributed by atoms with van der Waals surface area (Å²) >= 11 is 5.96. The first kappa shape index (κ1) is 21.0. The zero-order chi connectivity index (χ0) is 21.0. The van der Waals surface area contributed by atoms with E-state index in [0.717, 1.165) is 17.7 Å². The minimum absolute atomic E-state index is 0.0885. The van der Waals surface area contributed by atoms with Crippen molar-refractivity contribution in [3.05, 3.63) is 70.2 Å². The quantitative estimate of drug-likeness (QED) is 0.762. The summed E-state index contributed by atoms with van der Waals surface area (Å²) in [6.45, 7) is 1.31. The molecule has 2 aromatic carbocycles. The van der Waals surface area contributed by atoms with Gasteiger partial charge in [0.15, 0.2) is 0 Å². The molecular weight excluding hydrogens is 407 g/mol. The maximum absolute atomic E-state index is 12.6. The lowest BCUT2D eigenvalue weighted by atomic mass is 10.1. The molecule has 1 aliphatic heterocycles. The van der Waals surface area contributed by atoms with E-state index in [1.165, 1.54) is 17.0 Å². The second-order valence-corrected chi connectivity index (χ2v) is 7.16. The largest absolute Gasteiger partial charge is 0.416 e. The van der Waals surface area contributed by atoms with Crippen LogP contribution in [0, 0.1) is 0 Å². The Kier molecular flexibility index (Phi) is 6.32. The molecule has 5 nitrogen and oxygen atoms in total. The average Bonchev–Trinajstić information content (AvgIpc) is 2.99. The van der Waals surface area contributed by atoms with Gasteiger partial charge in [-0.3, -0.25) is 4.79 Å². The molecule has 0 unspecified atom stereocenters. The number of alkyl halides is 3. The number of amides is 3. The van der Waals surface area contributed by atoms with Crippen molar-refractivity contribution in [2.45, 2.75) is 19.3 Å². The van der Waals surface area contributed by atoms with E-state index in [-0.39, 0.29) is 25.0 Å². The molecule has 1 N–H and O–H groups in total. The van der Waals surface area contributed by atoms with Crippen LogP contribution in [-0.2, 0) is 24.1 Å². The maximum atomic E-state index is 12.6. The van der Waals surface area contributed by atoms with Crippen LogP contribution >= 0.6 is 11.6 Å². The molecule has 0 spiro atoms. The molecular formula is C20H19ClF3N3O2. The van der Waals surface area contributed by atoms with Crippen LogP contribution in [-0.4, -0.2) is 41.4 Å². The predicted octanol–water partition coefficient (Wildman–Crippen LogP) is 3.91. The summed E-state index contributed by atoms with van der Waals surface area (Å²) in [5.74, 6) is -0.372. The Morgan fingerprint density at radius 2 is 1.72 bits per heavy atom. The Morgan fingerprint density at radius 1 is 1.03 bits per heavy atom. The summed E-state index contributed by atoms with van der Waals surface area (Å²) in [5, 5.41) is 3.22. The summed E-state index contributed by atoms with van der Waals surface area (Å²) in [6, 6.07) is 11.6. The van der Waals surface area contributed by atoms with E-state index in [9.17, 15) is 22.8 Å². The molecule has 1 fully saturated rings. The van der Waals surface area contributed by atoms with Crippen LogP contribution in [0.4, 0.5) is 18.0 Å². The Hall–Kier alpha value is -2.74. The summed E-state index contributed by atoms with van der Waals surface area (Å²) < 4.78 is 37.7. The van der Waals surface area contributed by atoms with Crippen molar-refractivity contribution in [2.24, 2.45) is 0 Å². The Balaban J connectivity index is 1.47. The predicted molar refractivity (Wildman–Crippen MR) is 102 cm³/mol. The van der Waals surface area contributed by atoms with Gasteiger partial charge in [-0.1, -0.05) is 35.9 Å². The van der Waals surface area contributed by atoms with E-state index in [0.29, 0.717) is 30.2 Å². The Bertz CT molecular complexity index is 887. The van der Waals surface area contributed by atoms with Gasteiger partial charge in [-0.2, -0.15) is 13.2 Å². The van der Waals surface area contributed by atoms with Gasteiger partial charge in [0.1, 0.15) is 6.54 Å². The topological polar surface area (TPSA) is 52.7 Å². The third-order valence-corrected chi connectivity index (χ3v) is 4.78. The number of halogens is 4. The minimum Gasteiger partial charge on any atom is -0.350 e. The summed E-state index contributed by atoms with van der Waals surface area (Å²) in [6.07, 6.45) is -4.39. The van der Waals surface area contributed by atoms with Gasteiger partial charge in [0.05, 0.1) is 5.56 Å². The Labute approximate surface area is 171 Å². The second kappa shape index (κ2) is 8.73. The molecule has 0 atom stereocenters. The first-order valence-electron chi connectivity index (χ1n) is 8.93. The third kappa shape index (κ3) is 5.63. The van der Waals surface area contributed by atoms with Crippen LogP contribution in [0.2, 0.25) is 5.02 Å². The third-order valence-electron chi connectivity index (χ3n) is 4.55.